The number of H-pyrrole nitrogens is 2. The van der Waals surface area contributed by atoms with Crippen LogP contribution in [0, 0.1) is 0 Å². The van der Waals surface area contributed by atoms with Gasteiger partial charge in [-0.25, -0.2) is 9.97 Å². The summed E-state index contributed by atoms with van der Waals surface area (Å²) in [6.07, 6.45) is 1.27. The van der Waals surface area contributed by atoms with Crippen molar-refractivity contribution in [2.24, 2.45) is 0 Å². The molecule has 0 bridgehead atoms. The number of carbonyl (C=O) groups excluding carboxylic acids is 2. The Hall–Kier alpha value is -4.34. The Morgan fingerprint density at radius 2 is 1.83 bits per heavy atom. The maximum absolute atomic E-state index is 12.7. The number of hydrogen-bond acceptors (Lipinski definition) is 6. The number of anilines is 2. The van der Waals surface area contributed by atoms with Crippen molar-refractivity contribution in [3.05, 3.63) is 60.2 Å². The number of nitrogens with one attached hydrogen (secondary N) is 4. The summed E-state index contributed by atoms with van der Waals surface area (Å²) in [7, 11) is 3.01. The zero-order valence-corrected chi connectivity index (χ0v) is 16.1. The van der Waals surface area contributed by atoms with Crippen LogP contribution in [0.25, 0.3) is 11.0 Å². The second-order valence-electron chi connectivity index (χ2n) is 6.20. The first-order valence-electron chi connectivity index (χ1n) is 8.92. The number of nitrogens with zero attached hydrogens (tertiary/aromatic N) is 2. The second-order valence-corrected chi connectivity index (χ2v) is 6.20. The number of aromatic amines is 2. The molecule has 0 atom stereocenters. The number of ether oxygens (including phenoxy) is 2. The first-order chi connectivity index (χ1) is 14.6. The van der Waals surface area contributed by atoms with Gasteiger partial charge in [0.05, 0.1) is 37.3 Å². The summed E-state index contributed by atoms with van der Waals surface area (Å²) in [6, 6.07) is 12.3. The van der Waals surface area contributed by atoms with Crippen molar-refractivity contribution < 1.29 is 19.1 Å². The zero-order chi connectivity index (χ0) is 21.1. The van der Waals surface area contributed by atoms with E-state index in [-0.39, 0.29) is 17.3 Å². The Balaban J connectivity index is 1.53. The molecule has 0 saturated carbocycles. The molecule has 0 aliphatic rings. The van der Waals surface area contributed by atoms with E-state index in [2.05, 4.69) is 30.6 Å². The summed E-state index contributed by atoms with van der Waals surface area (Å²) >= 11 is 0. The SMILES string of the molecule is COc1ccc(NC(=O)c2nc[nH]c2C(=O)Nc2nc3ccccc3[nH]2)c(OC)c1. The molecule has 4 aromatic rings. The topological polar surface area (TPSA) is 134 Å². The van der Waals surface area contributed by atoms with Crippen LogP contribution in [0.2, 0.25) is 0 Å². The molecule has 0 saturated heterocycles. The monoisotopic (exact) mass is 406 g/mol. The fourth-order valence-corrected chi connectivity index (χ4v) is 2.90. The molecule has 0 aliphatic heterocycles. The summed E-state index contributed by atoms with van der Waals surface area (Å²) < 4.78 is 10.4. The molecule has 152 valence electrons. The molecule has 0 aliphatic carbocycles. The van der Waals surface area contributed by atoms with Crippen molar-refractivity contribution in [1.29, 1.82) is 0 Å². The molecule has 4 N–H and O–H groups in total. The molecule has 0 radical (unpaired) electrons. The Labute approximate surface area is 170 Å². The smallest absolute Gasteiger partial charge is 0.276 e. The molecule has 2 amide bonds. The number of rotatable bonds is 6. The molecule has 0 unspecified atom stereocenters. The Morgan fingerprint density at radius 3 is 2.60 bits per heavy atom. The number of fused-ring (bicyclic) bond motifs is 1. The fourth-order valence-electron chi connectivity index (χ4n) is 2.90. The lowest BCUT2D eigenvalue weighted by Crippen LogP contribution is -2.21. The predicted molar refractivity (Wildman–Crippen MR) is 110 cm³/mol. The van der Waals surface area contributed by atoms with Crippen molar-refractivity contribution in [2.45, 2.75) is 0 Å². The quantitative estimate of drug-likeness (QED) is 0.389. The van der Waals surface area contributed by atoms with Gasteiger partial charge in [0, 0.05) is 6.07 Å². The second kappa shape index (κ2) is 7.95. The third kappa shape index (κ3) is 3.65. The van der Waals surface area contributed by atoms with Crippen molar-refractivity contribution >= 4 is 34.5 Å². The number of amides is 2. The number of hydrogen-bond donors (Lipinski definition) is 4. The Morgan fingerprint density at radius 1 is 1.00 bits per heavy atom. The summed E-state index contributed by atoms with van der Waals surface area (Å²) in [4.78, 5) is 39.4. The zero-order valence-electron chi connectivity index (χ0n) is 16.1. The van der Waals surface area contributed by atoms with E-state index in [1.165, 1.54) is 20.5 Å². The molecule has 10 heteroatoms. The van der Waals surface area contributed by atoms with Gasteiger partial charge >= 0.3 is 0 Å². The molecule has 0 spiro atoms. The summed E-state index contributed by atoms with van der Waals surface area (Å²) in [6.45, 7) is 0. The number of para-hydroxylation sites is 2. The van der Waals surface area contributed by atoms with E-state index in [4.69, 9.17) is 9.47 Å². The van der Waals surface area contributed by atoms with E-state index in [0.29, 0.717) is 22.7 Å². The van der Waals surface area contributed by atoms with E-state index in [1.54, 1.807) is 18.2 Å². The fraction of sp³-hybridized carbons (Fsp3) is 0.100. The number of imidazole rings is 2. The van der Waals surface area contributed by atoms with E-state index in [9.17, 15) is 9.59 Å². The van der Waals surface area contributed by atoms with E-state index >= 15 is 0 Å². The van der Waals surface area contributed by atoms with Crippen molar-refractivity contribution in [3.63, 3.8) is 0 Å². The molecular formula is C20H18N6O4. The van der Waals surface area contributed by atoms with Crippen LogP contribution in [-0.2, 0) is 0 Å². The normalized spacial score (nSPS) is 10.6. The van der Waals surface area contributed by atoms with Crippen LogP contribution in [0.1, 0.15) is 21.0 Å². The van der Waals surface area contributed by atoms with Gasteiger partial charge in [-0.05, 0) is 24.3 Å². The van der Waals surface area contributed by atoms with Crippen molar-refractivity contribution in [1.82, 2.24) is 19.9 Å². The van der Waals surface area contributed by atoms with Gasteiger partial charge in [0.1, 0.15) is 17.2 Å². The Bertz CT molecular complexity index is 1200. The number of methoxy groups -OCH3 is 2. The minimum Gasteiger partial charge on any atom is -0.497 e. The highest BCUT2D eigenvalue weighted by Crippen LogP contribution is 2.29. The predicted octanol–water partition coefficient (Wildman–Crippen LogP) is 2.81. The summed E-state index contributed by atoms with van der Waals surface area (Å²) in [5.41, 5.74) is 1.83. The van der Waals surface area contributed by atoms with Gasteiger partial charge in [-0.3, -0.25) is 14.9 Å². The van der Waals surface area contributed by atoms with E-state index < -0.39 is 11.8 Å². The molecule has 0 fully saturated rings. The van der Waals surface area contributed by atoms with E-state index in [1.807, 2.05) is 24.3 Å². The molecular weight excluding hydrogens is 388 g/mol. The molecule has 10 nitrogen and oxygen atoms in total. The van der Waals surface area contributed by atoms with Crippen LogP contribution in [0.5, 0.6) is 11.5 Å². The summed E-state index contributed by atoms with van der Waals surface area (Å²) in [5, 5.41) is 5.32. The highest BCUT2D eigenvalue weighted by Gasteiger charge is 2.22. The lowest BCUT2D eigenvalue weighted by molar-refractivity contribution is 0.0985. The standard InChI is InChI=1S/C20H18N6O4/c1-29-11-7-8-14(15(9-11)30-2)23-18(27)16-17(22-10-21-16)19(28)26-20-24-12-5-3-4-6-13(12)25-20/h3-10H,1-2H3,(H,21,22)(H,23,27)(H2,24,25,26,28). The highest BCUT2D eigenvalue weighted by atomic mass is 16.5. The minimum absolute atomic E-state index is 0.000402. The van der Waals surface area contributed by atoms with Gasteiger partial charge in [-0.15, -0.1) is 0 Å². The molecule has 2 aromatic heterocycles. The van der Waals surface area contributed by atoms with Crippen LogP contribution in [-0.4, -0.2) is 46.0 Å². The van der Waals surface area contributed by atoms with Crippen LogP contribution >= 0.6 is 0 Å². The van der Waals surface area contributed by atoms with Gasteiger partial charge in [-0.1, -0.05) is 12.1 Å². The number of aromatic nitrogens is 4. The van der Waals surface area contributed by atoms with Crippen molar-refractivity contribution in [2.75, 3.05) is 24.9 Å². The van der Waals surface area contributed by atoms with Crippen LogP contribution in [0.4, 0.5) is 11.6 Å². The highest BCUT2D eigenvalue weighted by molar-refractivity contribution is 6.13. The van der Waals surface area contributed by atoms with Gasteiger partial charge in [0.15, 0.2) is 5.69 Å². The van der Waals surface area contributed by atoms with Crippen molar-refractivity contribution in [3.8, 4) is 11.5 Å². The minimum atomic E-state index is -0.575. The molecule has 2 heterocycles. The van der Waals surface area contributed by atoms with E-state index in [0.717, 1.165) is 5.52 Å². The average molecular weight is 406 g/mol. The van der Waals surface area contributed by atoms with Crippen LogP contribution < -0.4 is 20.1 Å². The maximum atomic E-state index is 12.7. The van der Waals surface area contributed by atoms with Gasteiger partial charge in [0.25, 0.3) is 11.8 Å². The lowest BCUT2D eigenvalue weighted by atomic mass is 10.2. The summed E-state index contributed by atoms with van der Waals surface area (Å²) in [5.74, 6) is 0.119. The van der Waals surface area contributed by atoms with Gasteiger partial charge in [0.2, 0.25) is 5.95 Å². The first kappa shape index (κ1) is 19.0. The lowest BCUT2D eigenvalue weighted by Gasteiger charge is -2.11. The van der Waals surface area contributed by atoms with Gasteiger partial charge in [-0.2, -0.15) is 0 Å². The molecule has 2 aromatic carbocycles. The maximum Gasteiger partial charge on any atom is 0.276 e. The third-order valence-corrected chi connectivity index (χ3v) is 4.36. The molecule has 4 rings (SSSR count). The van der Waals surface area contributed by atoms with Crippen LogP contribution in [0.3, 0.4) is 0 Å². The van der Waals surface area contributed by atoms with Gasteiger partial charge < -0.3 is 24.8 Å². The number of benzene rings is 2. The third-order valence-electron chi connectivity index (χ3n) is 4.36. The average Bonchev–Trinajstić information content (AvgIpc) is 3.40. The largest absolute Gasteiger partial charge is 0.497 e. The number of carbonyl (C=O) groups is 2. The molecule has 30 heavy (non-hydrogen) atoms. The van der Waals surface area contributed by atoms with Crippen LogP contribution in [0.15, 0.2) is 48.8 Å². The first-order valence-corrected chi connectivity index (χ1v) is 8.92. The Kier molecular flexibility index (Phi) is 5.04.